The molecule has 0 unspecified atom stereocenters. The van der Waals surface area contributed by atoms with Gasteiger partial charge in [0.25, 0.3) is 10.0 Å². The lowest BCUT2D eigenvalue weighted by Crippen LogP contribution is -2.47. The minimum atomic E-state index is -3.54. The summed E-state index contributed by atoms with van der Waals surface area (Å²) in [6.07, 6.45) is 2.86. The van der Waals surface area contributed by atoms with Crippen LogP contribution in [0.3, 0.4) is 0 Å². The summed E-state index contributed by atoms with van der Waals surface area (Å²) in [5.41, 5.74) is 5.44. The highest BCUT2D eigenvalue weighted by molar-refractivity contribution is 7.89. The fraction of sp³-hybridized carbons (Fsp3) is 0.667. The maximum atomic E-state index is 12.5. The molecule has 1 aliphatic heterocycles. The van der Waals surface area contributed by atoms with Crippen molar-refractivity contribution in [3.05, 3.63) is 17.9 Å². The number of hydrogen-bond donors (Lipinski definition) is 1. The van der Waals surface area contributed by atoms with E-state index < -0.39 is 10.0 Å². The number of furan rings is 1. The van der Waals surface area contributed by atoms with Crippen LogP contribution in [0.15, 0.2) is 21.6 Å². The van der Waals surface area contributed by atoms with Crippen molar-refractivity contribution in [1.82, 2.24) is 4.31 Å². The largest absolute Gasteiger partial charge is 0.447 e. The number of piperidine rings is 1. The topological polar surface area (TPSA) is 76.5 Å². The van der Waals surface area contributed by atoms with Gasteiger partial charge >= 0.3 is 0 Å². The summed E-state index contributed by atoms with van der Waals surface area (Å²) in [6, 6.07) is 3.15. The van der Waals surface area contributed by atoms with Crippen LogP contribution in [0.4, 0.5) is 0 Å². The summed E-state index contributed by atoms with van der Waals surface area (Å²) in [5.74, 6) is 0.492. The van der Waals surface area contributed by atoms with Gasteiger partial charge in [0, 0.05) is 12.1 Å². The Kier molecular flexibility index (Phi) is 3.79. The number of sulfonamides is 1. The molecular formula is C12H20N2O3S. The molecule has 1 aromatic rings. The Morgan fingerprint density at radius 1 is 1.33 bits per heavy atom. The van der Waals surface area contributed by atoms with Crippen molar-refractivity contribution in [2.75, 3.05) is 0 Å². The van der Waals surface area contributed by atoms with E-state index in [1.807, 2.05) is 13.8 Å². The monoisotopic (exact) mass is 272 g/mol. The predicted molar refractivity (Wildman–Crippen MR) is 68.4 cm³/mol. The summed E-state index contributed by atoms with van der Waals surface area (Å²) < 4.78 is 31.9. The molecule has 5 nitrogen and oxygen atoms in total. The molecule has 102 valence electrons. The number of rotatable bonds is 3. The van der Waals surface area contributed by atoms with E-state index in [-0.39, 0.29) is 23.7 Å². The van der Waals surface area contributed by atoms with Crippen molar-refractivity contribution in [3.63, 3.8) is 0 Å². The lowest BCUT2D eigenvalue weighted by atomic mass is 10.0. The van der Waals surface area contributed by atoms with Gasteiger partial charge in [0.1, 0.15) is 5.76 Å². The third-order valence-electron chi connectivity index (χ3n) is 3.48. The lowest BCUT2D eigenvalue weighted by Gasteiger charge is -2.36. The van der Waals surface area contributed by atoms with E-state index in [1.165, 1.54) is 6.07 Å². The SMILES string of the molecule is C[C@@H]1CCC[C@H](C)N1S(=O)(=O)c1ccc(CN)o1. The van der Waals surface area contributed by atoms with Crippen LogP contribution in [0, 0.1) is 0 Å². The Morgan fingerprint density at radius 2 is 1.94 bits per heavy atom. The summed E-state index contributed by atoms with van der Waals surface area (Å²) in [6.45, 7) is 4.10. The molecule has 0 saturated carbocycles. The van der Waals surface area contributed by atoms with E-state index in [0.717, 1.165) is 19.3 Å². The van der Waals surface area contributed by atoms with Gasteiger partial charge < -0.3 is 10.2 Å². The van der Waals surface area contributed by atoms with Gasteiger partial charge in [-0.3, -0.25) is 0 Å². The molecule has 2 heterocycles. The van der Waals surface area contributed by atoms with Crippen LogP contribution in [-0.2, 0) is 16.6 Å². The zero-order valence-electron chi connectivity index (χ0n) is 10.8. The molecule has 0 spiro atoms. The van der Waals surface area contributed by atoms with E-state index in [9.17, 15) is 8.42 Å². The van der Waals surface area contributed by atoms with E-state index in [2.05, 4.69) is 0 Å². The van der Waals surface area contributed by atoms with Crippen molar-refractivity contribution in [1.29, 1.82) is 0 Å². The van der Waals surface area contributed by atoms with Crippen molar-refractivity contribution in [2.45, 2.75) is 56.8 Å². The highest BCUT2D eigenvalue weighted by Gasteiger charge is 2.37. The molecule has 0 amide bonds. The van der Waals surface area contributed by atoms with Gasteiger partial charge in [0.15, 0.2) is 0 Å². The maximum absolute atomic E-state index is 12.5. The Balaban J connectivity index is 2.34. The van der Waals surface area contributed by atoms with E-state index in [1.54, 1.807) is 10.4 Å². The molecule has 0 bridgehead atoms. The molecule has 0 aliphatic carbocycles. The van der Waals surface area contributed by atoms with Gasteiger partial charge in [-0.25, -0.2) is 8.42 Å². The van der Waals surface area contributed by atoms with Crippen molar-refractivity contribution >= 4 is 10.0 Å². The number of hydrogen-bond acceptors (Lipinski definition) is 4. The van der Waals surface area contributed by atoms with Crippen LogP contribution >= 0.6 is 0 Å². The highest BCUT2D eigenvalue weighted by Crippen LogP contribution is 2.30. The first-order chi connectivity index (χ1) is 8.46. The Morgan fingerprint density at radius 3 is 2.44 bits per heavy atom. The van der Waals surface area contributed by atoms with Crippen LogP contribution in [0.25, 0.3) is 0 Å². The minimum Gasteiger partial charge on any atom is -0.447 e. The minimum absolute atomic E-state index is 0.00329. The van der Waals surface area contributed by atoms with Crippen LogP contribution < -0.4 is 5.73 Å². The predicted octanol–water partition coefficient (Wildman–Crippen LogP) is 1.69. The summed E-state index contributed by atoms with van der Waals surface area (Å²) in [5, 5.41) is 0.00329. The standard InChI is InChI=1S/C12H20N2O3S/c1-9-4-3-5-10(2)14(9)18(15,16)12-7-6-11(8-13)17-12/h6-7,9-10H,3-5,8,13H2,1-2H3/t9-,10+. The zero-order valence-corrected chi connectivity index (χ0v) is 11.6. The molecule has 0 radical (unpaired) electrons. The number of nitrogens with two attached hydrogens (primary N) is 1. The van der Waals surface area contributed by atoms with Gasteiger partial charge in [0.05, 0.1) is 6.54 Å². The average Bonchev–Trinajstić information content (AvgIpc) is 2.77. The normalized spacial score (nSPS) is 26.4. The van der Waals surface area contributed by atoms with Gasteiger partial charge in [-0.05, 0) is 38.8 Å². The van der Waals surface area contributed by atoms with E-state index in [4.69, 9.17) is 10.2 Å². The second kappa shape index (κ2) is 5.03. The first kappa shape index (κ1) is 13.6. The van der Waals surface area contributed by atoms with Crippen LogP contribution in [0.2, 0.25) is 0 Å². The fourth-order valence-corrected chi connectivity index (χ4v) is 4.40. The highest BCUT2D eigenvalue weighted by atomic mass is 32.2. The van der Waals surface area contributed by atoms with Crippen molar-refractivity contribution in [2.24, 2.45) is 5.73 Å². The summed E-state index contributed by atoms with van der Waals surface area (Å²) in [4.78, 5) is 0. The van der Waals surface area contributed by atoms with Crippen LogP contribution in [-0.4, -0.2) is 24.8 Å². The zero-order chi connectivity index (χ0) is 13.3. The average molecular weight is 272 g/mol. The first-order valence-corrected chi connectivity index (χ1v) is 7.73. The third kappa shape index (κ3) is 2.32. The molecule has 1 saturated heterocycles. The molecular weight excluding hydrogens is 252 g/mol. The third-order valence-corrected chi connectivity index (χ3v) is 5.49. The smallest absolute Gasteiger partial charge is 0.276 e. The van der Waals surface area contributed by atoms with Crippen molar-refractivity contribution < 1.29 is 12.8 Å². The maximum Gasteiger partial charge on any atom is 0.276 e. The quantitative estimate of drug-likeness (QED) is 0.908. The Hall–Kier alpha value is -0.850. The lowest BCUT2D eigenvalue weighted by molar-refractivity contribution is 0.199. The van der Waals surface area contributed by atoms with Gasteiger partial charge in [0.2, 0.25) is 5.09 Å². The second-order valence-electron chi connectivity index (χ2n) is 4.89. The van der Waals surface area contributed by atoms with Crippen LogP contribution in [0.5, 0.6) is 0 Å². The van der Waals surface area contributed by atoms with Crippen LogP contribution in [0.1, 0.15) is 38.9 Å². The fourth-order valence-electron chi connectivity index (χ4n) is 2.58. The van der Waals surface area contributed by atoms with E-state index >= 15 is 0 Å². The second-order valence-corrected chi connectivity index (χ2v) is 6.66. The summed E-state index contributed by atoms with van der Waals surface area (Å²) in [7, 11) is -3.54. The van der Waals surface area contributed by atoms with Crippen molar-refractivity contribution in [3.8, 4) is 0 Å². The molecule has 2 atom stereocenters. The van der Waals surface area contributed by atoms with E-state index in [0.29, 0.717) is 5.76 Å². The first-order valence-electron chi connectivity index (χ1n) is 6.29. The molecule has 2 N–H and O–H groups in total. The van der Waals surface area contributed by atoms with Gasteiger partial charge in [-0.15, -0.1) is 0 Å². The molecule has 1 fully saturated rings. The molecule has 1 aromatic heterocycles. The number of nitrogens with zero attached hydrogens (tertiary/aromatic N) is 1. The Labute approximate surface area is 108 Å². The molecule has 0 aromatic carbocycles. The Bertz CT molecular complexity index is 499. The van der Waals surface area contributed by atoms with Gasteiger partial charge in [-0.1, -0.05) is 6.42 Å². The van der Waals surface area contributed by atoms with Gasteiger partial charge in [-0.2, -0.15) is 4.31 Å². The molecule has 18 heavy (non-hydrogen) atoms. The summed E-state index contributed by atoms with van der Waals surface area (Å²) >= 11 is 0. The molecule has 6 heteroatoms. The molecule has 2 rings (SSSR count). The molecule has 1 aliphatic rings.